The number of hydrogen-bond donors (Lipinski definition) is 1. The fraction of sp³-hybridized carbons (Fsp3) is 0.818. The van der Waals surface area contributed by atoms with Crippen LogP contribution in [0.25, 0.3) is 0 Å². The van der Waals surface area contributed by atoms with E-state index in [1.165, 1.54) is 18.6 Å². The highest BCUT2D eigenvalue weighted by Crippen LogP contribution is 2.28. The minimum Gasteiger partial charge on any atom is -0.326 e. The second-order valence-electron chi connectivity index (χ2n) is 4.76. The Hall–Kier alpha value is -0.550. The maximum Gasteiger partial charge on any atom is 0.152 e. The molecule has 1 fully saturated rings. The molecule has 2 atom stereocenters. The Morgan fingerprint density at radius 2 is 2.38 bits per heavy atom. The number of thioether (sulfide) groups is 1. The van der Waals surface area contributed by atoms with E-state index in [2.05, 4.69) is 21.8 Å². The predicted octanol–water partition coefficient (Wildman–Crippen LogP) is 0.990. The minimum absolute atomic E-state index is 0.267. The van der Waals surface area contributed by atoms with Crippen LogP contribution >= 0.6 is 11.8 Å². The summed E-state index contributed by atoms with van der Waals surface area (Å²) in [6.07, 6.45) is 5.77. The lowest BCUT2D eigenvalue weighted by Gasteiger charge is -2.17. The molecule has 0 radical (unpaired) electrons. The highest BCUT2D eigenvalue weighted by molar-refractivity contribution is 8.00. The van der Waals surface area contributed by atoms with Gasteiger partial charge < -0.3 is 5.73 Å². The third kappa shape index (κ3) is 2.11. The van der Waals surface area contributed by atoms with E-state index in [1.54, 1.807) is 0 Å². The van der Waals surface area contributed by atoms with Gasteiger partial charge in [0.1, 0.15) is 5.82 Å². The molecule has 4 nitrogen and oxygen atoms in total. The number of fused-ring (bicyclic) bond motifs is 1. The van der Waals surface area contributed by atoms with Crippen LogP contribution in [0.3, 0.4) is 0 Å². The van der Waals surface area contributed by atoms with E-state index in [0.29, 0.717) is 0 Å². The fourth-order valence-electron chi connectivity index (χ4n) is 2.48. The first kappa shape index (κ1) is 10.6. The molecule has 3 rings (SSSR count). The van der Waals surface area contributed by atoms with Gasteiger partial charge >= 0.3 is 0 Å². The monoisotopic (exact) mass is 238 g/mol. The molecule has 1 aromatic rings. The number of nitrogens with two attached hydrogens (primary N) is 1. The van der Waals surface area contributed by atoms with Crippen molar-refractivity contribution in [2.24, 2.45) is 5.73 Å². The normalized spacial score (nSPS) is 29.3. The highest BCUT2D eigenvalue weighted by Gasteiger charge is 2.22. The van der Waals surface area contributed by atoms with E-state index in [9.17, 15) is 0 Å². The first-order valence-electron chi connectivity index (χ1n) is 6.11. The van der Waals surface area contributed by atoms with E-state index in [0.717, 1.165) is 42.7 Å². The van der Waals surface area contributed by atoms with E-state index in [4.69, 9.17) is 5.73 Å². The van der Waals surface area contributed by atoms with Gasteiger partial charge in [-0.2, -0.15) is 16.9 Å². The van der Waals surface area contributed by atoms with Crippen molar-refractivity contribution in [1.29, 1.82) is 0 Å². The zero-order chi connectivity index (χ0) is 11.0. The quantitative estimate of drug-likeness (QED) is 0.835. The van der Waals surface area contributed by atoms with Gasteiger partial charge in [0.2, 0.25) is 0 Å². The highest BCUT2D eigenvalue weighted by atomic mass is 32.2. The van der Waals surface area contributed by atoms with Gasteiger partial charge in [-0.25, -0.2) is 9.67 Å². The van der Waals surface area contributed by atoms with Gasteiger partial charge in [0.15, 0.2) is 5.82 Å². The van der Waals surface area contributed by atoms with Gasteiger partial charge in [-0.3, -0.25) is 0 Å². The molecule has 1 saturated heterocycles. The van der Waals surface area contributed by atoms with Crippen LogP contribution in [0.5, 0.6) is 0 Å². The summed E-state index contributed by atoms with van der Waals surface area (Å²) >= 11 is 2.07. The third-order valence-electron chi connectivity index (χ3n) is 3.37. The van der Waals surface area contributed by atoms with Crippen LogP contribution < -0.4 is 5.73 Å². The summed E-state index contributed by atoms with van der Waals surface area (Å²) < 4.78 is 2.02. The smallest absolute Gasteiger partial charge is 0.152 e. The van der Waals surface area contributed by atoms with Crippen molar-refractivity contribution in [1.82, 2.24) is 14.8 Å². The lowest BCUT2D eigenvalue weighted by atomic mass is 10.1. The van der Waals surface area contributed by atoms with Crippen LogP contribution in [0, 0.1) is 0 Å². The number of aromatic nitrogens is 3. The zero-order valence-electron chi connectivity index (χ0n) is 9.43. The van der Waals surface area contributed by atoms with E-state index in [-0.39, 0.29) is 6.04 Å². The van der Waals surface area contributed by atoms with Crippen molar-refractivity contribution >= 4 is 11.8 Å². The van der Waals surface area contributed by atoms with Crippen LogP contribution in [0.1, 0.15) is 30.9 Å². The molecule has 0 saturated carbocycles. The lowest BCUT2D eigenvalue weighted by Crippen LogP contribution is -2.32. The van der Waals surface area contributed by atoms with Crippen LogP contribution in [-0.2, 0) is 19.4 Å². The van der Waals surface area contributed by atoms with Crippen LogP contribution in [0.15, 0.2) is 0 Å². The van der Waals surface area contributed by atoms with Gasteiger partial charge in [-0.15, -0.1) is 0 Å². The van der Waals surface area contributed by atoms with Crippen molar-refractivity contribution in [2.75, 3.05) is 5.75 Å². The molecule has 1 aromatic heterocycles. The van der Waals surface area contributed by atoms with Gasteiger partial charge in [0.05, 0.1) is 6.54 Å². The average molecular weight is 238 g/mol. The Morgan fingerprint density at radius 3 is 3.19 bits per heavy atom. The predicted molar refractivity (Wildman–Crippen MR) is 65.5 cm³/mol. The molecule has 2 aliphatic rings. The molecule has 0 bridgehead atoms. The molecule has 0 aliphatic carbocycles. The lowest BCUT2D eigenvalue weighted by molar-refractivity contribution is 0.420. The molecule has 2 unspecified atom stereocenters. The molecule has 88 valence electrons. The fourth-order valence-corrected chi connectivity index (χ4v) is 3.75. The van der Waals surface area contributed by atoms with Crippen LogP contribution in [0.2, 0.25) is 0 Å². The van der Waals surface area contributed by atoms with E-state index < -0.39 is 0 Å². The summed E-state index contributed by atoms with van der Waals surface area (Å²) in [6, 6.07) is 0.267. The van der Waals surface area contributed by atoms with Crippen LogP contribution in [0.4, 0.5) is 0 Å². The van der Waals surface area contributed by atoms with Crippen molar-refractivity contribution in [3.8, 4) is 0 Å². The SMILES string of the molecule is NC1CCc2nc(CC3CCCS3)nn2C1. The topological polar surface area (TPSA) is 56.7 Å². The second-order valence-corrected chi connectivity index (χ2v) is 6.17. The van der Waals surface area contributed by atoms with Crippen molar-refractivity contribution in [3.05, 3.63) is 11.6 Å². The van der Waals surface area contributed by atoms with E-state index in [1.807, 2.05) is 4.68 Å². The first-order chi connectivity index (χ1) is 7.81. The van der Waals surface area contributed by atoms with Crippen LogP contribution in [-0.4, -0.2) is 31.8 Å². The van der Waals surface area contributed by atoms with Crippen molar-refractivity contribution in [2.45, 2.75) is 49.9 Å². The molecular formula is C11H18N4S. The molecular weight excluding hydrogens is 220 g/mol. The molecule has 2 aliphatic heterocycles. The third-order valence-corrected chi connectivity index (χ3v) is 4.77. The number of rotatable bonds is 2. The maximum atomic E-state index is 5.93. The molecule has 16 heavy (non-hydrogen) atoms. The summed E-state index contributed by atoms with van der Waals surface area (Å²) in [7, 11) is 0. The molecule has 0 aromatic carbocycles. The molecule has 5 heteroatoms. The summed E-state index contributed by atoms with van der Waals surface area (Å²) in [5.74, 6) is 3.48. The van der Waals surface area contributed by atoms with Crippen molar-refractivity contribution in [3.63, 3.8) is 0 Å². The minimum atomic E-state index is 0.267. The number of hydrogen-bond acceptors (Lipinski definition) is 4. The van der Waals surface area contributed by atoms with Gasteiger partial charge in [-0.05, 0) is 25.0 Å². The molecule has 2 N–H and O–H groups in total. The van der Waals surface area contributed by atoms with Gasteiger partial charge in [0.25, 0.3) is 0 Å². The maximum absolute atomic E-state index is 5.93. The Kier molecular flexibility index (Phi) is 2.90. The Labute approximate surface area is 100.0 Å². The molecule has 0 spiro atoms. The second kappa shape index (κ2) is 4.37. The zero-order valence-corrected chi connectivity index (χ0v) is 10.2. The summed E-state index contributed by atoms with van der Waals surface area (Å²) in [6.45, 7) is 0.847. The van der Waals surface area contributed by atoms with Gasteiger partial charge in [0, 0.05) is 24.1 Å². The largest absolute Gasteiger partial charge is 0.326 e. The summed E-state index contributed by atoms with van der Waals surface area (Å²) in [5, 5.41) is 5.33. The van der Waals surface area contributed by atoms with Gasteiger partial charge in [-0.1, -0.05) is 0 Å². The van der Waals surface area contributed by atoms with E-state index >= 15 is 0 Å². The molecule has 0 amide bonds. The van der Waals surface area contributed by atoms with Crippen molar-refractivity contribution < 1.29 is 0 Å². The summed E-state index contributed by atoms with van der Waals surface area (Å²) in [5.41, 5.74) is 5.93. The number of aryl methyl sites for hydroxylation is 1. The Balaban J connectivity index is 1.71. The average Bonchev–Trinajstić information content (AvgIpc) is 2.86. The Bertz CT molecular complexity index is 370. The Morgan fingerprint density at radius 1 is 1.44 bits per heavy atom. The molecule has 3 heterocycles. The number of nitrogens with zero attached hydrogens (tertiary/aromatic N) is 3. The first-order valence-corrected chi connectivity index (χ1v) is 7.16. The standard InChI is InChI=1S/C11H18N4S/c12-8-3-4-11-13-10(14-15(11)7-8)6-9-2-1-5-16-9/h8-9H,1-7,12H2. The summed E-state index contributed by atoms with van der Waals surface area (Å²) in [4.78, 5) is 4.63.